The SMILES string of the molecule is CC(C)(C)OC(=O)CCC1CCCC(c2ccc(N)cc2C(F)(F)F)CC1. The van der Waals surface area contributed by atoms with Crippen LogP contribution < -0.4 is 5.73 Å². The number of halogens is 3. The number of anilines is 1. The highest BCUT2D eigenvalue weighted by atomic mass is 19.4. The Kier molecular flexibility index (Phi) is 6.82. The normalized spacial score (nSPS) is 21.6. The number of carbonyl (C=O) groups is 1. The molecule has 27 heavy (non-hydrogen) atoms. The Morgan fingerprint density at radius 3 is 2.48 bits per heavy atom. The summed E-state index contributed by atoms with van der Waals surface area (Å²) in [4.78, 5) is 11.9. The molecule has 2 unspecified atom stereocenters. The lowest BCUT2D eigenvalue weighted by Gasteiger charge is -2.21. The van der Waals surface area contributed by atoms with E-state index < -0.39 is 17.3 Å². The average molecular weight is 385 g/mol. The maximum absolute atomic E-state index is 13.4. The van der Waals surface area contributed by atoms with Crippen LogP contribution in [0.5, 0.6) is 0 Å². The predicted molar refractivity (Wildman–Crippen MR) is 100 cm³/mol. The van der Waals surface area contributed by atoms with Gasteiger partial charge in [-0.25, -0.2) is 0 Å². The molecule has 2 rings (SSSR count). The second-order valence-corrected chi connectivity index (χ2v) is 8.54. The number of esters is 1. The zero-order chi connectivity index (χ0) is 20.2. The molecule has 1 aliphatic carbocycles. The summed E-state index contributed by atoms with van der Waals surface area (Å²) >= 11 is 0. The summed E-state index contributed by atoms with van der Waals surface area (Å²) in [6.45, 7) is 5.52. The smallest absolute Gasteiger partial charge is 0.416 e. The lowest BCUT2D eigenvalue weighted by atomic mass is 9.87. The Morgan fingerprint density at radius 1 is 1.15 bits per heavy atom. The second kappa shape index (κ2) is 8.53. The van der Waals surface area contributed by atoms with Crippen molar-refractivity contribution in [3.05, 3.63) is 29.3 Å². The van der Waals surface area contributed by atoms with E-state index in [0.29, 0.717) is 24.3 Å². The highest BCUT2D eigenvalue weighted by Crippen LogP contribution is 2.42. The Morgan fingerprint density at radius 2 is 1.85 bits per heavy atom. The van der Waals surface area contributed by atoms with Crippen LogP contribution in [-0.4, -0.2) is 11.6 Å². The van der Waals surface area contributed by atoms with Crippen LogP contribution in [0.3, 0.4) is 0 Å². The third kappa shape index (κ3) is 6.74. The molecule has 1 fully saturated rings. The van der Waals surface area contributed by atoms with E-state index in [1.54, 1.807) is 6.07 Å². The van der Waals surface area contributed by atoms with Crippen molar-refractivity contribution in [3.63, 3.8) is 0 Å². The summed E-state index contributed by atoms with van der Waals surface area (Å²) in [5, 5.41) is 0. The molecule has 1 aromatic rings. The van der Waals surface area contributed by atoms with Crippen molar-refractivity contribution >= 4 is 11.7 Å². The minimum absolute atomic E-state index is 0.117. The van der Waals surface area contributed by atoms with Gasteiger partial charge in [-0.05, 0) is 76.0 Å². The van der Waals surface area contributed by atoms with Crippen molar-refractivity contribution in [2.75, 3.05) is 5.73 Å². The first kappa shape index (κ1) is 21.6. The van der Waals surface area contributed by atoms with Crippen molar-refractivity contribution in [1.29, 1.82) is 0 Å². The van der Waals surface area contributed by atoms with Crippen molar-refractivity contribution in [2.45, 2.75) is 83.4 Å². The molecule has 2 N–H and O–H groups in total. The van der Waals surface area contributed by atoms with Gasteiger partial charge in [-0.3, -0.25) is 4.79 Å². The van der Waals surface area contributed by atoms with E-state index in [1.165, 1.54) is 6.07 Å². The Labute approximate surface area is 159 Å². The molecular weight excluding hydrogens is 355 g/mol. The van der Waals surface area contributed by atoms with Gasteiger partial charge < -0.3 is 10.5 Å². The topological polar surface area (TPSA) is 52.3 Å². The Hall–Kier alpha value is -1.72. The summed E-state index contributed by atoms with van der Waals surface area (Å²) in [6, 6.07) is 4.12. The molecule has 1 aliphatic rings. The molecule has 0 saturated heterocycles. The van der Waals surface area contributed by atoms with E-state index in [4.69, 9.17) is 10.5 Å². The number of ether oxygens (including phenoxy) is 1. The zero-order valence-electron chi connectivity index (χ0n) is 16.4. The van der Waals surface area contributed by atoms with Gasteiger partial charge in [0, 0.05) is 12.1 Å². The molecule has 1 aromatic carbocycles. The van der Waals surface area contributed by atoms with Gasteiger partial charge in [-0.1, -0.05) is 18.9 Å². The molecule has 0 aromatic heterocycles. The van der Waals surface area contributed by atoms with Gasteiger partial charge in [0.25, 0.3) is 0 Å². The molecule has 0 spiro atoms. The van der Waals surface area contributed by atoms with E-state index in [-0.39, 0.29) is 17.6 Å². The van der Waals surface area contributed by atoms with Crippen molar-refractivity contribution in [1.82, 2.24) is 0 Å². The van der Waals surface area contributed by atoms with Crippen molar-refractivity contribution in [2.24, 2.45) is 5.92 Å². The molecule has 152 valence electrons. The van der Waals surface area contributed by atoms with Crippen LogP contribution in [0.4, 0.5) is 18.9 Å². The van der Waals surface area contributed by atoms with Gasteiger partial charge in [0.05, 0.1) is 5.56 Å². The standard InChI is InChI=1S/C21H30F3NO2/c1-20(2,3)27-19(26)12-8-14-5-4-6-15(9-7-14)17-11-10-16(25)13-18(17)21(22,23)24/h10-11,13-15H,4-9,12,25H2,1-3H3. The molecule has 6 heteroatoms. The number of nitrogens with two attached hydrogens (primary N) is 1. The van der Waals surface area contributed by atoms with E-state index >= 15 is 0 Å². The first-order valence-electron chi connectivity index (χ1n) is 9.64. The summed E-state index contributed by atoms with van der Waals surface area (Å²) in [5.41, 5.74) is 4.96. The van der Waals surface area contributed by atoms with Crippen LogP contribution in [0.2, 0.25) is 0 Å². The van der Waals surface area contributed by atoms with Crippen LogP contribution >= 0.6 is 0 Å². The van der Waals surface area contributed by atoms with Gasteiger partial charge in [0.15, 0.2) is 0 Å². The quantitative estimate of drug-likeness (QED) is 0.389. The minimum Gasteiger partial charge on any atom is -0.460 e. The monoisotopic (exact) mass is 385 g/mol. The molecule has 3 nitrogen and oxygen atoms in total. The molecule has 0 radical (unpaired) electrons. The van der Waals surface area contributed by atoms with Crippen LogP contribution in [0, 0.1) is 5.92 Å². The van der Waals surface area contributed by atoms with Crippen LogP contribution in [0.15, 0.2) is 18.2 Å². The third-order valence-corrected chi connectivity index (χ3v) is 5.09. The number of nitrogen functional groups attached to an aromatic ring is 1. The van der Waals surface area contributed by atoms with Gasteiger partial charge in [-0.2, -0.15) is 13.2 Å². The average Bonchev–Trinajstić information content (AvgIpc) is 2.76. The predicted octanol–water partition coefficient (Wildman–Crippen LogP) is 6.07. The van der Waals surface area contributed by atoms with Crippen LogP contribution in [0.25, 0.3) is 0 Å². The fraction of sp³-hybridized carbons (Fsp3) is 0.667. The van der Waals surface area contributed by atoms with Crippen molar-refractivity contribution < 1.29 is 22.7 Å². The Bertz CT molecular complexity index is 650. The molecule has 0 aliphatic heterocycles. The fourth-order valence-electron chi connectivity index (χ4n) is 3.87. The third-order valence-electron chi connectivity index (χ3n) is 5.09. The summed E-state index contributed by atoms with van der Waals surface area (Å²) in [6.07, 6.45) is 0.767. The molecule has 0 amide bonds. The summed E-state index contributed by atoms with van der Waals surface area (Å²) in [5.74, 6) is 0.0283. The van der Waals surface area contributed by atoms with Crippen LogP contribution in [0.1, 0.15) is 82.8 Å². The van der Waals surface area contributed by atoms with E-state index in [9.17, 15) is 18.0 Å². The maximum Gasteiger partial charge on any atom is 0.416 e. The van der Waals surface area contributed by atoms with Gasteiger partial charge in [-0.15, -0.1) is 0 Å². The molecule has 0 bridgehead atoms. The first-order chi connectivity index (χ1) is 12.5. The highest BCUT2D eigenvalue weighted by Gasteiger charge is 2.36. The first-order valence-corrected chi connectivity index (χ1v) is 9.64. The Balaban J connectivity index is 1.98. The van der Waals surface area contributed by atoms with Gasteiger partial charge in [0.2, 0.25) is 0 Å². The highest BCUT2D eigenvalue weighted by molar-refractivity contribution is 5.69. The minimum atomic E-state index is -4.40. The van der Waals surface area contributed by atoms with E-state index in [2.05, 4.69) is 0 Å². The number of hydrogen-bond acceptors (Lipinski definition) is 3. The molecule has 1 saturated carbocycles. The lowest BCUT2D eigenvalue weighted by molar-refractivity contribution is -0.155. The van der Waals surface area contributed by atoms with Gasteiger partial charge in [0.1, 0.15) is 5.60 Å². The van der Waals surface area contributed by atoms with E-state index in [1.807, 2.05) is 20.8 Å². The van der Waals surface area contributed by atoms with E-state index in [0.717, 1.165) is 38.2 Å². The number of rotatable bonds is 4. The summed E-state index contributed by atoms with van der Waals surface area (Å²) < 4.78 is 45.5. The fourth-order valence-corrected chi connectivity index (χ4v) is 3.87. The van der Waals surface area contributed by atoms with Crippen molar-refractivity contribution in [3.8, 4) is 0 Å². The number of carbonyl (C=O) groups excluding carboxylic acids is 1. The molecule has 2 atom stereocenters. The van der Waals surface area contributed by atoms with Gasteiger partial charge >= 0.3 is 12.1 Å². The molecular formula is C21H30F3NO2. The number of hydrogen-bond donors (Lipinski definition) is 1. The number of alkyl halides is 3. The largest absolute Gasteiger partial charge is 0.460 e. The molecule has 0 heterocycles. The maximum atomic E-state index is 13.4. The van der Waals surface area contributed by atoms with Crippen LogP contribution in [-0.2, 0) is 15.7 Å². The number of benzene rings is 1. The lowest BCUT2D eigenvalue weighted by Crippen LogP contribution is -2.24. The zero-order valence-corrected chi connectivity index (χ0v) is 16.4. The summed E-state index contributed by atoms with van der Waals surface area (Å²) in [7, 11) is 0. The second-order valence-electron chi connectivity index (χ2n) is 8.54.